The minimum Gasteiger partial charge on any atom is -0.396 e. The van der Waals surface area contributed by atoms with Gasteiger partial charge in [0, 0.05) is 50.6 Å². The fourth-order valence-corrected chi connectivity index (χ4v) is 3.23. The van der Waals surface area contributed by atoms with Crippen molar-refractivity contribution >= 4 is 11.8 Å². The van der Waals surface area contributed by atoms with Gasteiger partial charge in [-0.1, -0.05) is 29.8 Å². The maximum atomic E-state index is 9.48. The molecule has 1 fully saturated rings. The van der Waals surface area contributed by atoms with Crippen LogP contribution in [0.3, 0.4) is 0 Å². The van der Waals surface area contributed by atoms with Gasteiger partial charge in [-0.05, 0) is 25.8 Å². The maximum absolute atomic E-state index is 9.48. The molecule has 6 heteroatoms. The zero-order valence-electron chi connectivity index (χ0n) is 15.0. The highest BCUT2D eigenvalue weighted by Crippen LogP contribution is 2.21. The Morgan fingerprint density at radius 3 is 2.64 bits per heavy atom. The average molecular weight is 341 g/mol. The molecule has 3 rings (SSSR count). The van der Waals surface area contributed by atoms with Crippen LogP contribution in [0.5, 0.6) is 0 Å². The number of hydrogen-bond donors (Lipinski definition) is 2. The van der Waals surface area contributed by atoms with E-state index in [9.17, 15) is 5.11 Å². The second-order valence-corrected chi connectivity index (χ2v) is 6.81. The number of aryl methyl sites for hydroxylation is 2. The van der Waals surface area contributed by atoms with Crippen LogP contribution in [-0.4, -0.2) is 52.3 Å². The highest BCUT2D eigenvalue weighted by molar-refractivity contribution is 5.44. The Kier molecular flexibility index (Phi) is 5.50. The summed E-state index contributed by atoms with van der Waals surface area (Å²) in [6.07, 6.45) is 2.51. The summed E-state index contributed by atoms with van der Waals surface area (Å²) in [5.74, 6) is 1.21. The van der Waals surface area contributed by atoms with E-state index in [0.717, 1.165) is 38.2 Å². The van der Waals surface area contributed by atoms with Gasteiger partial charge in [-0.25, -0.2) is 4.98 Å². The molecule has 1 atom stereocenters. The monoisotopic (exact) mass is 341 g/mol. The average Bonchev–Trinajstić information content (AvgIpc) is 2.61. The van der Waals surface area contributed by atoms with Gasteiger partial charge in [0.2, 0.25) is 5.95 Å². The Labute approximate surface area is 149 Å². The highest BCUT2D eigenvalue weighted by Gasteiger charge is 2.28. The molecule has 0 amide bonds. The first kappa shape index (κ1) is 17.6. The van der Waals surface area contributed by atoms with Crippen molar-refractivity contribution in [2.24, 2.45) is 0 Å². The van der Waals surface area contributed by atoms with Gasteiger partial charge in [0.1, 0.15) is 5.82 Å². The Hall–Kier alpha value is -2.18. The van der Waals surface area contributed by atoms with E-state index in [1.165, 1.54) is 11.1 Å². The summed E-state index contributed by atoms with van der Waals surface area (Å²) in [6, 6.07) is 8.93. The molecular weight excluding hydrogens is 314 g/mol. The van der Waals surface area contributed by atoms with Gasteiger partial charge in [0.15, 0.2) is 0 Å². The van der Waals surface area contributed by atoms with Gasteiger partial charge < -0.3 is 15.7 Å². The lowest BCUT2D eigenvalue weighted by Gasteiger charge is -2.41. The minimum absolute atomic E-state index is 0.180. The van der Waals surface area contributed by atoms with Gasteiger partial charge in [-0.15, -0.1) is 0 Å². The van der Waals surface area contributed by atoms with Crippen LogP contribution in [0, 0.1) is 13.8 Å². The Morgan fingerprint density at radius 1 is 1.20 bits per heavy atom. The predicted octanol–water partition coefficient (Wildman–Crippen LogP) is 1.75. The molecule has 25 heavy (non-hydrogen) atoms. The Balaban J connectivity index is 1.71. The zero-order valence-corrected chi connectivity index (χ0v) is 15.0. The minimum atomic E-state index is 0.180. The summed E-state index contributed by atoms with van der Waals surface area (Å²) < 4.78 is 0. The summed E-state index contributed by atoms with van der Waals surface area (Å²) >= 11 is 0. The molecule has 2 heterocycles. The molecule has 0 aliphatic carbocycles. The number of piperazine rings is 1. The van der Waals surface area contributed by atoms with E-state index in [0.29, 0.717) is 11.8 Å². The van der Waals surface area contributed by atoms with E-state index in [1.807, 2.05) is 6.92 Å². The summed E-state index contributed by atoms with van der Waals surface area (Å²) in [4.78, 5) is 13.5. The molecule has 1 aliphatic heterocycles. The van der Waals surface area contributed by atoms with Crippen molar-refractivity contribution in [3.05, 3.63) is 47.2 Å². The number of aromatic nitrogens is 2. The number of anilines is 2. The summed E-state index contributed by atoms with van der Waals surface area (Å²) in [7, 11) is 0. The van der Waals surface area contributed by atoms with Gasteiger partial charge in [-0.3, -0.25) is 4.90 Å². The first-order chi connectivity index (χ1) is 12.1. The van der Waals surface area contributed by atoms with Gasteiger partial charge >= 0.3 is 0 Å². The molecule has 1 aromatic heterocycles. The summed E-state index contributed by atoms with van der Waals surface area (Å²) in [6.45, 7) is 7.66. The second-order valence-electron chi connectivity index (χ2n) is 6.81. The molecule has 134 valence electrons. The lowest BCUT2D eigenvalue weighted by molar-refractivity contribution is 0.135. The number of aliphatic hydroxyl groups excluding tert-OH is 1. The first-order valence-corrected chi connectivity index (χ1v) is 8.81. The van der Waals surface area contributed by atoms with Crippen molar-refractivity contribution in [1.82, 2.24) is 14.9 Å². The number of nitrogen functional groups attached to an aromatic ring is 1. The normalized spacial score (nSPS) is 18.5. The van der Waals surface area contributed by atoms with Crippen LogP contribution in [0.1, 0.15) is 23.1 Å². The van der Waals surface area contributed by atoms with Crippen LogP contribution < -0.4 is 10.6 Å². The number of aliphatic hydroxyl groups is 1. The van der Waals surface area contributed by atoms with Crippen LogP contribution in [0.4, 0.5) is 11.8 Å². The summed E-state index contributed by atoms with van der Waals surface area (Å²) in [5.41, 5.74) is 9.41. The standard InChI is InChI=1S/C19H27N5O/c1-14-3-5-16(6-4-14)12-23-8-9-24(13-17(23)7-10-25)19-21-11-15(2)18(20)22-19/h3-6,11,17,25H,7-10,12-13H2,1-2H3,(H2,20,21,22). The van der Waals surface area contributed by atoms with Gasteiger partial charge in [-0.2, -0.15) is 4.98 Å². The van der Waals surface area contributed by atoms with E-state index in [1.54, 1.807) is 6.20 Å². The fraction of sp³-hybridized carbons (Fsp3) is 0.474. The molecule has 1 aromatic carbocycles. The molecule has 0 spiro atoms. The Bertz CT molecular complexity index is 703. The van der Waals surface area contributed by atoms with Gasteiger partial charge in [0.05, 0.1) is 0 Å². The van der Waals surface area contributed by atoms with Crippen LogP contribution in [-0.2, 0) is 6.54 Å². The fourth-order valence-electron chi connectivity index (χ4n) is 3.23. The van der Waals surface area contributed by atoms with Crippen LogP contribution >= 0.6 is 0 Å². The Morgan fingerprint density at radius 2 is 1.96 bits per heavy atom. The van der Waals surface area contributed by atoms with Crippen molar-refractivity contribution in [2.75, 3.05) is 36.9 Å². The third-order valence-electron chi connectivity index (χ3n) is 4.85. The molecule has 2 aromatic rings. The van der Waals surface area contributed by atoms with Crippen LogP contribution in [0.25, 0.3) is 0 Å². The molecule has 1 aliphatic rings. The smallest absolute Gasteiger partial charge is 0.227 e. The number of benzene rings is 1. The van der Waals surface area contributed by atoms with E-state index >= 15 is 0 Å². The van der Waals surface area contributed by atoms with Crippen molar-refractivity contribution in [3.63, 3.8) is 0 Å². The van der Waals surface area contributed by atoms with E-state index < -0.39 is 0 Å². The molecule has 0 saturated carbocycles. The van der Waals surface area contributed by atoms with Crippen molar-refractivity contribution < 1.29 is 5.11 Å². The van der Waals surface area contributed by atoms with Crippen molar-refractivity contribution in [2.45, 2.75) is 32.9 Å². The third kappa shape index (κ3) is 4.27. The van der Waals surface area contributed by atoms with E-state index in [2.05, 4.69) is 51.0 Å². The quantitative estimate of drug-likeness (QED) is 0.863. The maximum Gasteiger partial charge on any atom is 0.227 e. The highest BCUT2D eigenvalue weighted by atomic mass is 16.3. The topological polar surface area (TPSA) is 78.5 Å². The lowest BCUT2D eigenvalue weighted by Crippen LogP contribution is -2.53. The van der Waals surface area contributed by atoms with Crippen molar-refractivity contribution in [1.29, 1.82) is 0 Å². The largest absolute Gasteiger partial charge is 0.396 e. The SMILES string of the molecule is Cc1ccc(CN2CCN(c3ncc(C)c(N)n3)CC2CCO)cc1. The summed E-state index contributed by atoms with van der Waals surface area (Å²) in [5, 5.41) is 9.48. The molecule has 1 unspecified atom stereocenters. The number of hydrogen-bond acceptors (Lipinski definition) is 6. The second kappa shape index (κ2) is 7.80. The number of rotatable bonds is 5. The third-order valence-corrected chi connectivity index (χ3v) is 4.85. The molecule has 0 bridgehead atoms. The van der Waals surface area contributed by atoms with Crippen LogP contribution in [0.2, 0.25) is 0 Å². The van der Waals surface area contributed by atoms with E-state index in [4.69, 9.17) is 5.73 Å². The van der Waals surface area contributed by atoms with Crippen molar-refractivity contribution in [3.8, 4) is 0 Å². The zero-order chi connectivity index (χ0) is 17.8. The molecular formula is C19H27N5O. The van der Waals surface area contributed by atoms with Gasteiger partial charge in [0.25, 0.3) is 0 Å². The molecule has 6 nitrogen and oxygen atoms in total. The first-order valence-electron chi connectivity index (χ1n) is 8.81. The molecule has 1 saturated heterocycles. The van der Waals surface area contributed by atoms with Crippen LogP contribution in [0.15, 0.2) is 30.5 Å². The lowest BCUT2D eigenvalue weighted by atomic mass is 10.1. The molecule has 3 N–H and O–H groups in total. The van der Waals surface area contributed by atoms with E-state index in [-0.39, 0.29) is 12.6 Å². The predicted molar refractivity (Wildman–Crippen MR) is 100 cm³/mol. The number of nitrogens with zero attached hydrogens (tertiary/aromatic N) is 4. The number of nitrogens with two attached hydrogens (primary N) is 1. The molecule has 0 radical (unpaired) electrons.